The molecule has 104 valence electrons. The molecule has 0 saturated heterocycles. The number of hydrogen-bond acceptors (Lipinski definition) is 4. The molecule has 0 unspecified atom stereocenters. The standard InChI is InChI=1S/C15H16N2O3/c1-20-14-7-10(5-6-13(14)18)9-17-12-4-2-3-11(8-12)15(16)19/h2-8,17-18H,9H2,1H3,(H2,16,19). The van der Waals surface area contributed by atoms with E-state index in [2.05, 4.69) is 5.32 Å². The summed E-state index contributed by atoms with van der Waals surface area (Å²) < 4.78 is 5.05. The molecular formula is C15H16N2O3. The number of phenolic OH excluding ortho intramolecular Hbond substituents is 1. The van der Waals surface area contributed by atoms with Crippen LogP contribution in [0.3, 0.4) is 0 Å². The molecule has 2 aromatic carbocycles. The molecule has 0 aliphatic carbocycles. The van der Waals surface area contributed by atoms with Gasteiger partial charge in [-0.3, -0.25) is 4.79 Å². The lowest BCUT2D eigenvalue weighted by atomic mass is 10.1. The van der Waals surface area contributed by atoms with Crippen molar-refractivity contribution in [3.8, 4) is 11.5 Å². The summed E-state index contributed by atoms with van der Waals surface area (Å²) in [5.74, 6) is 0.0714. The van der Waals surface area contributed by atoms with Crippen molar-refractivity contribution in [1.82, 2.24) is 0 Å². The average Bonchev–Trinajstić information content (AvgIpc) is 2.46. The number of hydrogen-bond donors (Lipinski definition) is 3. The first kappa shape index (κ1) is 13.7. The monoisotopic (exact) mass is 272 g/mol. The summed E-state index contributed by atoms with van der Waals surface area (Å²) in [6.45, 7) is 0.541. The lowest BCUT2D eigenvalue weighted by Crippen LogP contribution is -2.11. The lowest BCUT2D eigenvalue weighted by molar-refractivity contribution is 0.100. The molecule has 0 heterocycles. The molecule has 1 amide bonds. The number of benzene rings is 2. The highest BCUT2D eigenvalue weighted by Crippen LogP contribution is 2.26. The van der Waals surface area contributed by atoms with Crippen LogP contribution in [0.5, 0.6) is 11.5 Å². The van der Waals surface area contributed by atoms with Gasteiger partial charge in [-0.2, -0.15) is 0 Å². The molecular weight excluding hydrogens is 256 g/mol. The molecule has 0 aliphatic rings. The fraction of sp³-hybridized carbons (Fsp3) is 0.133. The Hall–Kier alpha value is -2.69. The Bertz CT molecular complexity index is 626. The zero-order valence-electron chi connectivity index (χ0n) is 11.1. The lowest BCUT2D eigenvalue weighted by Gasteiger charge is -2.09. The highest BCUT2D eigenvalue weighted by atomic mass is 16.5. The first-order valence-electron chi connectivity index (χ1n) is 6.10. The van der Waals surface area contributed by atoms with Gasteiger partial charge in [0.05, 0.1) is 7.11 Å². The Morgan fingerprint density at radius 3 is 2.80 bits per heavy atom. The van der Waals surface area contributed by atoms with Crippen molar-refractivity contribution < 1.29 is 14.6 Å². The van der Waals surface area contributed by atoms with Crippen molar-refractivity contribution in [3.63, 3.8) is 0 Å². The number of methoxy groups -OCH3 is 1. The molecule has 4 N–H and O–H groups in total. The molecule has 0 fully saturated rings. The second-order valence-corrected chi connectivity index (χ2v) is 4.30. The van der Waals surface area contributed by atoms with Gasteiger partial charge in [-0.15, -0.1) is 0 Å². The van der Waals surface area contributed by atoms with E-state index in [1.165, 1.54) is 7.11 Å². The van der Waals surface area contributed by atoms with Crippen LogP contribution in [0.2, 0.25) is 0 Å². The number of anilines is 1. The van der Waals surface area contributed by atoms with Crippen LogP contribution in [-0.2, 0) is 6.54 Å². The first-order chi connectivity index (χ1) is 9.60. The van der Waals surface area contributed by atoms with Crippen LogP contribution < -0.4 is 15.8 Å². The molecule has 0 bridgehead atoms. The van der Waals surface area contributed by atoms with Gasteiger partial charge in [0.2, 0.25) is 5.91 Å². The minimum atomic E-state index is -0.458. The molecule has 0 aromatic heterocycles. The maximum Gasteiger partial charge on any atom is 0.248 e. The van der Waals surface area contributed by atoms with E-state index in [-0.39, 0.29) is 5.75 Å². The van der Waals surface area contributed by atoms with Crippen molar-refractivity contribution in [2.75, 3.05) is 12.4 Å². The van der Waals surface area contributed by atoms with Crippen LogP contribution in [0.15, 0.2) is 42.5 Å². The second-order valence-electron chi connectivity index (χ2n) is 4.30. The fourth-order valence-corrected chi connectivity index (χ4v) is 1.82. The second kappa shape index (κ2) is 5.97. The summed E-state index contributed by atoms with van der Waals surface area (Å²) in [7, 11) is 1.50. The van der Waals surface area contributed by atoms with Gasteiger partial charge in [0.1, 0.15) is 0 Å². The molecule has 0 spiro atoms. The Morgan fingerprint density at radius 1 is 1.30 bits per heavy atom. The number of carbonyl (C=O) groups excluding carboxylic acids is 1. The average molecular weight is 272 g/mol. The van der Waals surface area contributed by atoms with E-state index in [0.29, 0.717) is 17.9 Å². The van der Waals surface area contributed by atoms with E-state index < -0.39 is 5.91 Å². The molecule has 2 rings (SSSR count). The Labute approximate surface area is 117 Å². The summed E-state index contributed by atoms with van der Waals surface area (Å²) in [5.41, 5.74) is 7.44. The smallest absolute Gasteiger partial charge is 0.248 e. The molecule has 0 aliphatic heterocycles. The molecule has 5 nitrogen and oxygen atoms in total. The minimum Gasteiger partial charge on any atom is -0.504 e. The third-order valence-corrected chi connectivity index (χ3v) is 2.89. The number of primary amides is 1. The third kappa shape index (κ3) is 3.20. The predicted molar refractivity (Wildman–Crippen MR) is 76.9 cm³/mol. The SMILES string of the molecule is COc1cc(CNc2cccc(C(N)=O)c2)ccc1O. The topological polar surface area (TPSA) is 84.6 Å². The number of amides is 1. The van der Waals surface area contributed by atoms with Crippen molar-refractivity contribution in [3.05, 3.63) is 53.6 Å². The van der Waals surface area contributed by atoms with Gasteiger partial charge in [-0.05, 0) is 35.9 Å². The van der Waals surface area contributed by atoms with Crippen LogP contribution in [0.4, 0.5) is 5.69 Å². The highest BCUT2D eigenvalue weighted by Gasteiger charge is 2.04. The third-order valence-electron chi connectivity index (χ3n) is 2.89. The number of nitrogens with two attached hydrogens (primary N) is 1. The number of phenols is 1. The number of rotatable bonds is 5. The zero-order valence-corrected chi connectivity index (χ0v) is 11.1. The normalized spacial score (nSPS) is 10.1. The van der Waals surface area contributed by atoms with Gasteiger partial charge in [0, 0.05) is 17.8 Å². The molecule has 2 aromatic rings. The van der Waals surface area contributed by atoms with Crippen molar-refractivity contribution in [2.24, 2.45) is 5.73 Å². The fourth-order valence-electron chi connectivity index (χ4n) is 1.82. The van der Waals surface area contributed by atoms with E-state index in [1.807, 2.05) is 6.07 Å². The van der Waals surface area contributed by atoms with E-state index in [4.69, 9.17) is 10.5 Å². The van der Waals surface area contributed by atoms with Crippen LogP contribution >= 0.6 is 0 Å². The van der Waals surface area contributed by atoms with E-state index in [1.54, 1.807) is 36.4 Å². The zero-order chi connectivity index (χ0) is 14.5. The van der Waals surface area contributed by atoms with Crippen LogP contribution in [0.25, 0.3) is 0 Å². The van der Waals surface area contributed by atoms with Gasteiger partial charge < -0.3 is 20.9 Å². The van der Waals surface area contributed by atoms with E-state index in [9.17, 15) is 9.90 Å². The quantitative estimate of drug-likeness (QED) is 0.778. The van der Waals surface area contributed by atoms with E-state index in [0.717, 1.165) is 11.3 Å². The number of nitrogens with one attached hydrogen (secondary N) is 1. The molecule has 5 heteroatoms. The first-order valence-corrected chi connectivity index (χ1v) is 6.10. The van der Waals surface area contributed by atoms with Gasteiger partial charge in [0.15, 0.2) is 11.5 Å². The highest BCUT2D eigenvalue weighted by molar-refractivity contribution is 5.93. The summed E-state index contributed by atoms with van der Waals surface area (Å²) in [5, 5.41) is 12.7. The number of aromatic hydroxyl groups is 1. The van der Waals surface area contributed by atoms with Crippen LogP contribution in [0.1, 0.15) is 15.9 Å². The van der Waals surface area contributed by atoms with E-state index >= 15 is 0 Å². The summed E-state index contributed by atoms with van der Waals surface area (Å²) in [4.78, 5) is 11.1. The molecule has 0 radical (unpaired) electrons. The van der Waals surface area contributed by atoms with Gasteiger partial charge in [-0.25, -0.2) is 0 Å². The largest absolute Gasteiger partial charge is 0.504 e. The Morgan fingerprint density at radius 2 is 2.10 bits per heavy atom. The Balaban J connectivity index is 2.08. The maximum absolute atomic E-state index is 11.1. The van der Waals surface area contributed by atoms with Crippen molar-refractivity contribution >= 4 is 11.6 Å². The van der Waals surface area contributed by atoms with Crippen molar-refractivity contribution in [1.29, 1.82) is 0 Å². The van der Waals surface area contributed by atoms with Crippen LogP contribution in [-0.4, -0.2) is 18.1 Å². The molecule has 0 atom stereocenters. The molecule has 20 heavy (non-hydrogen) atoms. The van der Waals surface area contributed by atoms with Gasteiger partial charge in [0.25, 0.3) is 0 Å². The van der Waals surface area contributed by atoms with Gasteiger partial charge in [-0.1, -0.05) is 12.1 Å². The predicted octanol–water partition coefficient (Wildman–Crippen LogP) is 2.11. The summed E-state index contributed by atoms with van der Waals surface area (Å²) in [6.07, 6.45) is 0. The number of carbonyl (C=O) groups is 1. The minimum absolute atomic E-state index is 0.104. The maximum atomic E-state index is 11.1. The number of ether oxygens (including phenoxy) is 1. The van der Waals surface area contributed by atoms with Crippen LogP contribution in [0, 0.1) is 0 Å². The summed E-state index contributed by atoms with van der Waals surface area (Å²) in [6, 6.07) is 12.1. The Kier molecular flexibility index (Phi) is 4.10. The molecule has 0 saturated carbocycles. The summed E-state index contributed by atoms with van der Waals surface area (Å²) >= 11 is 0. The van der Waals surface area contributed by atoms with Crippen molar-refractivity contribution in [2.45, 2.75) is 6.54 Å². The van der Waals surface area contributed by atoms with Gasteiger partial charge >= 0.3 is 0 Å².